The Balaban J connectivity index is 1.59. The first-order valence-electron chi connectivity index (χ1n) is 7.25. The molecule has 2 heterocycles. The molecule has 1 N–H and O–H groups in total. The molecule has 1 saturated heterocycles. The van der Waals surface area contributed by atoms with Gasteiger partial charge >= 0.3 is 0 Å². The fraction of sp³-hybridized carbons (Fsp3) is 0.438. The number of hydrogen-bond donors (Lipinski definition) is 1. The molecule has 2 aromatic rings. The zero-order valence-corrected chi connectivity index (χ0v) is 12.2. The van der Waals surface area contributed by atoms with Gasteiger partial charge in [-0.15, -0.1) is 0 Å². The third kappa shape index (κ3) is 3.02. The molecule has 0 spiro atoms. The summed E-state index contributed by atoms with van der Waals surface area (Å²) in [4.78, 5) is 2.54. The zero-order valence-electron chi connectivity index (χ0n) is 12.2. The van der Waals surface area contributed by atoms with Crippen molar-refractivity contribution in [1.29, 1.82) is 0 Å². The van der Waals surface area contributed by atoms with E-state index in [1.807, 2.05) is 24.0 Å². The Labute approximate surface area is 120 Å². The molecular weight excluding hydrogens is 248 g/mol. The quantitative estimate of drug-likeness (QED) is 0.926. The lowest BCUT2D eigenvalue weighted by atomic mass is 10.2. The van der Waals surface area contributed by atoms with E-state index in [2.05, 4.69) is 52.6 Å². The molecule has 2 unspecified atom stereocenters. The number of rotatable bonds is 4. The Morgan fingerprint density at radius 3 is 2.75 bits per heavy atom. The van der Waals surface area contributed by atoms with E-state index < -0.39 is 0 Å². The maximum absolute atomic E-state index is 4.40. The Hall–Kier alpha value is -1.81. The Kier molecular flexibility index (Phi) is 3.74. The highest BCUT2D eigenvalue weighted by molar-refractivity contribution is 5.34. The van der Waals surface area contributed by atoms with Gasteiger partial charge in [-0.1, -0.05) is 30.3 Å². The van der Waals surface area contributed by atoms with Gasteiger partial charge in [-0.25, -0.2) is 0 Å². The number of nitrogens with one attached hydrogen (secondary N) is 1. The average molecular weight is 270 g/mol. The van der Waals surface area contributed by atoms with Gasteiger partial charge < -0.3 is 5.32 Å². The summed E-state index contributed by atoms with van der Waals surface area (Å²) >= 11 is 0. The lowest BCUT2D eigenvalue weighted by Gasteiger charge is -2.20. The van der Waals surface area contributed by atoms with Crippen LogP contribution >= 0.6 is 0 Å². The molecule has 1 aromatic heterocycles. The maximum atomic E-state index is 4.40. The van der Waals surface area contributed by atoms with E-state index in [0.717, 1.165) is 18.9 Å². The monoisotopic (exact) mass is 270 g/mol. The van der Waals surface area contributed by atoms with E-state index in [1.54, 1.807) is 0 Å². The van der Waals surface area contributed by atoms with Crippen molar-refractivity contribution in [3.05, 3.63) is 48.2 Å². The summed E-state index contributed by atoms with van der Waals surface area (Å²) in [6.07, 6.45) is 3.14. The second-order valence-corrected chi connectivity index (χ2v) is 5.72. The molecule has 0 aliphatic carbocycles. The number of hydrogen-bond acceptors (Lipinski definition) is 3. The van der Waals surface area contributed by atoms with Crippen LogP contribution in [0, 0.1) is 0 Å². The van der Waals surface area contributed by atoms with Crippen molar-refractivity contribution >= 4 is 5.82 Å². The standard InChI is InChI=1S/C16H22N4/c1-13-10-15(17-16-8-9-19(2)18-16)12-20(13)11-14-6-4-3-5-7-14/h3-9,13,15H,10-12H2,1-2H3,(H,17,18). The van der Waals surface area contributed by atoms with Gasteiger partial charge in [0.1, 0.15) is 5.82 Å². The number of benzene rings is 1. The summed E-state index contributed by atoms with van der Waals surface area (Å²) in [5.74, 6) is 0.978. The molecule has 1 fully saturated rings. The highest BCUT2D eigenvalue weighted by Crippen LogP contribution is 2.22. The normalized spacial score (nSPS) is 23.1. The van der Waals surface area contributed by atoms with E-state index in [-0.39, 0.29) is 0 Å². The second-order valence-electron chi connectivity index (χ2n) is 5.72. The van der Waals surface area contributed by atoms with E-state index in [0.29, 0.717) is 12.1 Å². The van der Waals surface area contributed by atoms with Gasteiger partial charge in [0.2, 0.25) is 0 Å². The molecule has 2 atom stereocenters. The molecule has 20 heavy (non-hydrogen) atoms. The summed E-state index contributed by atoms with van der Waals surface area (Å²) in [6, 6.07) is 13.8. The van der Waals surface area contributed by atoms with Crippen molar-refractivity contribution in [2.24, 2.45) is 7.05 Å². The van der Waals surface area contributed by atoms with Gasteiger partial charge in [0.15, 0.2) is 0 Å². The van der Waals surface area contributed by atoms with Crippen LogP contribution in [-0.2, 0) is 13.6 Å². The molecule has 1 aliphatic rings. The van der Waals surface area contributed by atoms with Crippen molar-refractivity contribution < 1.29 is 0 Å². The minimum absolute atomic E-state index is 0.489. The third-order valence-electron chi connectivity index (χ3n) is 4.00. The van der Waals surface area contributed by atoms with E-state index in [4.69, 9.17) is 0 Å². The van der Waals surface area contributed by atoms with Crippen LogP contribution in [0.1, 0.15) is 18.9 Å². The minimum atomic E-state index is 0.489. The average Bonchev–Trinajstić information content (AvgIpc) is 2.98. The third-order valence-corrected chi connectivity index (χ3v) is 4.00. The first-order chi connectivity index (χ1) is 9.70. The zero-order chi connectivity index (χ0) is 13.9. The van der Waals surface area contributed by atoms with Gasteiger partial charge in [-0.3, -0.25) is 9.58 Å². The summed E-state index contributed by atoms with van der Waals surface area (Å²) in [6.45, 7) is 4.41. The smallest absolute Gasteiger partial charge is 0.148 e. The molecule has 4 nitrogen and oxygen atoms in total. The van der Waals surface area contributed by atoms with Crippen LogP contribution in [0.2, 0.25) is 0 Å². The topological polar surface area (TPSA) is 33.1 Å². The second kappa shape index (κ2) is 5.67. The molecule has 1 aromatic carbocycles. The van der Waals surface area contributed by atoms with Gasteiger partial charge in [-0.05, 0) is 18.9 Å². The lowest BCUT2D eigenvalue weighted by molar-refractivity contribution is 0.259. The molecule has 4 heteroatoms. The van der Waals surface area contributed by atoms with Gasteiger partial charge in [0, 0.05) is 44.5 Å². The van der Waals surface area contributed by atoms with Crippen molar-refractivity contribution in [1.82, 2.24) is 14.7 Å². The Morgan fingerprint density at radius 1 is 1.25 bits per heavy atom. The van der Waals surface area contributed by atoms with Crippen LogP contribution < -0.4 is 5.32 Å². The van der Waals surface area contributed by atoms with Gasteiger partial charge in [0.05, 0.1) is 0 Å². The molecule has 0 saturated carbocycles. The van der Waals surface area contributed by atoms with Crippen LogP contribution in [0.15, 0.2) is 42.6 Å². The summed E-state index contributed by atoms with van der Waals surface area (Å²) in [5.41, 5.74) is 1.39. The summed E-state index contributed by atoms with van der Waals surface area (Å²) in [5, 5.41) is 7.93. The highest BCUT2D eigenvalue weighted by Gasteiger charge is 2.29. The fourth-order valence-corrected chi connectivity index (χ4v) is 2.94. The molecule has 0 bridgehead atoms. The SMILES string of the molecule is CC1CC(Nc2ccn(C)n2)CN1Cc1ccccc1. The van der Waals surface area contributed by atoms with Gasteiger partial charge in [-0.2, -0.15) is 5.10 Å². The van der Waals surface area contributed by atoms with Crippen LogP contribution in [-0.4, -0.2) is 33.3 Å². The number of likely N-dealkylation sites (tertiary alicyclic amines) is 1. The number of anilines is 1. The molecule has 3 rings (SSSR count). The predicted molar refractivity (Wildman–Crippen MR) is 81.5 cm³/mol. The van der Waals surface area contributed by atoms with E-state index in [9.17, 15) is 0 Å². The van der Waals surface area contributed by atoms with Crippen LogP contribution in [0.25, 0.3) is 0 Å². The number of nitrogens with zero attached hydrogens (tertiary/aromatic N) is 3. The lowest BCUT2D eigenvalue weighted by Crippen LogP contribution is -2.28. The molecular formula is C16H22N4. The maximum Gasteiger partial charge on any atom is 0.148 e. The predicted octanol–water partition coefficient (Wildman–Crippen LogP) is 2.50. The van der Waals surface area contributed by atoms with Gasteiger partial charge in [0.25, 0.3) is 0 Å². The van der Waals surface area contributed by atoms with Crippen LogP contribution in [0.5, 0.6) is 0 Å². The summed E-state index contributed by atoms with van der Waals surface area (Å²) < 4.78 is 1.84. The molecule has 0 radical (unpaired) electrons. The summed E-state index contributed by atoms with van der Waals surface area (Å²) in [7, 11) is 1.95. The Morgan fingerprint density at radius 2 is 2.05 bits per heavy atom. The molecule has 1 aliphatic heterocycles. The van der Waals surface area contributed by atoms with Crippen molar-refractivity contribution in [2.75, 3.05) is 11.9 Å². The van der Waals surface area contributed by atoms with Crippen LogP contribution in [0.4, 0.5) is 5.82 Å². The van der Waals surface area contributed by atoms with E-state index >= 15 is 0 Å². The van der Waals surface area contributed by atoms with E-state index in [1.165, 1.54) is 12.0 Å². The number of aryl methyl sites for hydroxylation is 1. The van der Waals surface area contributed by atoms with Crippen molar-refractivity contribution in [3.63, 3.8) is 0 Å². The molecule has 106 valence electrons. The largest absolute Gasteiger partial charge is 0.365 e. The highest BCUT2D eigenvalue weighted by atomic mass is 15.3. The van der Waals surface area contributed by atoms with Crippen molar-refractivity contribution in [2.45, 2.75) is 32.0 Å². The van der Waals surface area contributed by atoms with Crippen LogP contribution in [0.3, 0.4) is 0 Å². The number of aromatic nitrogens is 2. The Bertz CT molecular complexity index is 549. The molecule has 0 amide bonds. The van der Waals surface area contributed by atoms with Crippen molar-refractivity contribution in [3.8, 4) is 0 Å². The first-order valence-corrected chi connectivity index (χ1v) is 7.25. The first kappa shape index (κ1) is 13.2. The fourth-order valence-electron chi connectivity index (χ4n) is 2.94. The minimum Gasteiger partial charge on any atom is -0.365 e.